The molecule has 1 amide bonds. The van der Waals surface area contributed by atoms with Gasteiger partial charge in [-0.1, -0.05) is 0 Å². The van der Waals surface area contributed by atoms with Gasteiger partial charge in [-0.3, -0.25) is 9.59 Å². The van der Waals surface area contributed by atoms with E-state index in [4.69, 9.17) is 9.47 Å². The number of nitrogens with zero attached hydrogens (tertiary/aromatic N) is 2. The molecule has 0 bridgehead atoms. The van der Waals surface area contributed by atoms with Crippen LogP contribution in [0.15, 0.2) is 23.1 Å². The summed E-state index contributed by atoms with van der Waals surface area (Å²) >= 11 is 0. The van der Waals surface area contributed by atoms with E-state index in [1.807, 2.05) is 0 Å². The van der Waals surface area contributed by atoms with E-state index < -0.39 is 38.4 Å². The summed E-state index contributed by atoms with van der Waals surface area (Å²) in [6.45, 7) is 2.02. The molecule has 2 rings (SSSR count). The minimum Gasteiger partial charge on any atom is -0.465 e. The molecule has 1 aromatic rings. The van der Waals surface area contributed by atoms with Crippen LogP contribution in [-0.4, -0.2) is 76.0 Å². The second-order valence-corrected chi connectivity index (χ2v) is 8.72. The Balaban J connectivity index is 2.06. The van der Waals surface area contributed by atoms with Crippen molar-refractivity contribution in [3.8, 4) is 0 Å². The molecule has 0 aromatic heterocycles. The minimum absolute atomic E-state index is 0.0216. The van der Waals surface area contributed by atoms with Gasteiger partial charge in [0.2, 0.25) is 15.9 Å². The van der Waals surface area contributed by atoms with Crippen molar-refractivity contribution >= 4 is 21.9 Å². The Hall–Kier alpha value is -2.11. The largest absolute Gasteiger partial charge is 0.465 e. The molecule has 0 N–H and O–H groups in total. The Morgan fingerprint density at radius 1 is 1.23 bits per heavy atom. The number of benzene rings is 1. The van der Waals surface area contributed by atoms with Gasteiger partial charge in [0.1, 0.15) is 23.1 Å². The first-order chi connectivity index (χ1) is 14.2. The maximum absolute atomic E-state index is 13.9. The van der Waals surface area contributed by atoms with E-state index in [9.17, 15) is 26.8 Å². The SMILES string of the molecule is CCOC(=O)CN(CCOC)C(=O)C1CCN(S(=O)(=O)c2cc(F)ccc2F)CC1. The highest BCUT2D eigenvalue weighted by atomic mass is 32.2. The van der Waals surface area contributed by atoms with Crippen LogP contribution in [0.1, 0.15) is 19.8 Å². The summed E-state index contributed by atoms with van der Waals surface area (Å²) in [4.78, 5) is 25.3. The topological polar surface area (TPSA) is 93.2 Å². The number of piperidine rings is 1. The number of hydrogen-bond donors (Lipinski definition) is 0. The summed E-state index contributed by atoms with van der Waals surface area (Å²) in [5, 5.41) is 0. The predicted octanol–water partition coefficient (Wildman–Crippen LogP) is 1.40. The number of esters is 1. The predicted molar refractivity (Wildman–Crippen MR) is 103 cm³/mol. The third kappa shape index (κ3) is 5.96. The molecule has 30 heavy (non-hydrogen) atoms. The Labute approximate surface area is 174 Å². The molecule has 168 valence electrons. The van der Waals surface area contributed by atoms with Crippen molar-refractivity contribution in [3.05, 3.63) is 29.8 Å². The van der Waals surface area contributed by atoms with E-state index >= 15 is 0 Å². The number of hydrogen-bond acceptors (Lipinski definition) is 6. The quantitative estimate of drug-likeness (QED) is 0.531. The number of sulfonamides is 1. The normalized spacial score (nSPS) is 15.7. The van der Waals surface area contributed by atoms with Crippen molar-refractivity contribution in [2.45, 2.75) is 24.7 Å². The van der Waals surface area contributed by atoms with Crippen LogP contribution < -0.4 is 0 Å². The molecule has 1 aromatic carbocycles. The van der Waals surface area contributed by atoms with Crippen molar-refractivity contribution in [1.82, 2.24) is 9.21 Å². The molecule has 1 saturated heterocycles. The van der Waals surface area contributed by atoms with Crippen LogP contribution in [0.2, 0.25) is 0 Å². The van der Waals surface area contributed by atoms with Crippen LogP contribution in [0.4, 0.5) is 8.78 Å². The first kappa shape index (κ1) is 24.2. The molecule has 1 fully saturated rings. The highest BCUT2D eigenvalue weighted by Crippen LogP contribution is 2.27. The Morgan fingerprint density at radius 2 is 1.90 bits per heavy atom. The molecule has 0 saturated carbocycles. The lowest BCUT2D eigenvalue weighted by Crippen LogP contribution is -2.46. The van der Waals surface area contributed by atoms with Crippen molar-refractivity contribution in [1.29, 1.82) is 0 Å². The first-order valence-electron chi connectivity index (χ1n) is 9.59. The van der Waals surface area contributed by atoms with E-state index in [-0.39, 0.29) is 58.1 Å². The van der Waals surface area contributed by atoms with Crippen molar-refractivity contribution in [3.63, 3.8) is 0 Å². The summed E-state index contributed by atoms with van der Waals surface area (Å²) in [6, 6.07) is 2.26. The summed E-state index contributed by atoms with van der Waals surface area (Å²) in [5.41, 5.74) is 0. The zero-order chi connectivity index (χ0) is 22.3. The molecule has 0 radical (unpaired) electrons. The monoisotopic (exact) mass is 448 g/mol. The average molecular weight is 448 g/mol. The van der Waals surface area contributed by atoms with Crippen molar-refractivity contribution < 1.29 is 36.3 Å². The number of amides is 1. The molecule has 0 unspecified atom stereocenters. The lowest BCUT2D eigenvalue weighted by Gasteiger charge is -2.33. The Bertz CT molecular complexity index is 857. The summed E-state index contributed by atoms with van der Waals surface area (Å²) < 4.78 is 63.6. The fourth-order valence-electron chi connectivity index (χ4n) is 3.25. The third-order valence-electron chi connectivity index (χ3n) is 4.82. The van der Waals surface area contributed by atoms with Gasteiger partial charge in [0.25, 0.3) is 0 Å². The molecule has 1 aliphatic heterocycles. The minimum atomic E-state index is -4.23. The number of ether oxygens (including phenoxy) is 2. The van der Waals surface area contributed by atoms with Gasteiger partial charge in [-0.15, -0.1) is 0 Å². The fourth-order valence-corrected chi connectivity index (χ4v) is 4.79. The second kappa shape index (κ2) is 10.8. The van der Waals surface area contributed by atoms with E-state index in [2.05, 4.69) is 0 Å². The Morgan fingerprint density at radius 3 is 2.50 bits per heavy atom. The average Bonchev–Trinajstić information content (AvgIpc) is 2.72. The van der Waals surface area contributed by atoms with Gasteiger partial charge in [0, 0.05) is 32.7 Å². The first-order valence-corrected chi connectivity index (χ1v) is 11.0. The zero-order valence-electron chi connectivity index (χ0n) is 17.0. The number of methoxy groups -OCH3 is 1. The number of carbonyl (C=O) groups is 2. The molecule has 1 heterocycles. The number of rotatable bonds is 9. The second-order valence-electron chi connectivity index (χ2n) is 6.81. The Kier molecular flexibility index (Phi) is 8.68. The van der Waals surface area contributed by atoms with E-state index in [0.717, 1.165) is 16.4 Å². The molecule has 11 heteroatoms. The summed E-state index contributed by atoms with van der Waals surface area (Å²) in [6.07, 6.45) is 0.391. The number of halogens is 2. The lowest BCUT2D eigenvalue weighted by atomic mass is 9.96. The van der Waals surface area contributed by atoms with Crippen LogP contribution in [0.3, 0.4) is 0 Å². The molecular formula is C19H26F2N2O6S. The van der Waals surface area contributed by atoms with E-state index in [0.29, 0.717) is 6.07 Å². The molecule has 0 aliphatic carbocycles. The number of carbonyl (C=O) groups excluding carboxylic acids is 2. The van der Waals surface area contributed by atoms with Gasteiger partial charge in [-0.2, -0.15) is 4.31 Å². The van der Waals surface area contributed by atoms with Gasteiger partial charge in [-0.25, -0.2) is 17.2 Å². The van der Waals surface area contributed by atoms with Gasteiger partial charge < -0.3 is 14.4 Å². The van der Waals surface area contributed by atoms with Gasteiger partial charge >= 0.3 is 5.97 Å². The van der Waals surface area contributed by atoms with Gasteiger partial charge in [0.05, 0.1) is 13.2 Å². The van der Waals surface area contributed by atoms with Crippen LogP contribution in [0.5, 0.6) is 0 Å². The maximum atomic E-state index is 13.9. The van der Waals surface area contributed by atoms with Crippen molar-refractivity contribution in [2.24, 2.45) is 5.92 Å². The van der Waals surface area contributed by atoms with Crippen LogP contribution in [0.25, 0.3) is 0 Å². The summed E-state index contributed by atoms with van der Waals surface area (Å²) in [5.74, 6) is -3.22. The van der Waals surface area contributed by atoms with E-state index in [1.54, 1.807) is 6.92 Å². The molecule has 0 atom stereocenters. The highest BCUT2D eigenvalue weighted by Gasteiger charge is 2.35. The van der Waals surface area contributed by atoms with Crippen molar-refractivity contribution in [2.75, 3.05) is 46.5 Å². The maximum Gasteiger partial charge on any atom is 0.325 e. The van der Waals surface area contributed by atoms with Gasteiger partial charge in [0.15, 0.2) is 0 Å². The molecule has 8 nitrogen and oxygen atoms in total. The van der Waals surface area contributed by atoms with E-state index in [1.165, 1.54) is 12.0 Å². The standard InChI is InChI=1S/C19H26F2N2O6S/c1-3-29-18(24)13-22(10-11-28-2)19(25)14-6-8-23(9-7-14)30(26,27)17-12-15(20)4-5-16(17)21/h4-5,12,14H,3,6-11,13H2,1-2H3. The summed E-state index contributed by atoms with van der Waals surface area (Å²) in [7, 11) is -2.75. The third-order valence-corrected chi connectivity index (χ3v) is 6.73. The smallest absolute Gasteiger partial charge is 0.325 e. The van der Waals surface area contributed by atoms with Crippen LogP contribution in [-0.2, 0) is 29.1 Å². The van der Waals surface area contributed by atoms with Crippen LogP contribution >= 0.6 is 0 Å². The zero-order valence-corrected chi connectivity index (χ0v) is 17.8. The fraction of sp³-hybridized carbons (Fsp3) is 0.579. The molecular weight excluding hydrogens is 422 g/mol. The lowest BCUT2D eigenvalue weighted by molar-refractivity contribution is -0.151. The molecule has 0 spiro atoms. The highest BCUT2D eigenvalue weighted by molar-refractivity contribution is 7.89. The molecule has 1 aliphatic rings. The van der Waals surface area contributed by atoms with Gasteiger partial charge in [-0.05, 0) is 38.0 Å². The van der Waals surface area contributed by atoms with Crippen LogP contribution in [0, 0.1) is 17.6 Å².